The van der Waals surface area contributed by atoms with E-state index >= 15 is 0 Å². The van der Waals surface area contributed by atoms with Gasteiger partial charge in [0.15, 0.2) is 0 Å². The van der Waals surface area contributed by atoms with Gasteiger partial charge in [-0.2, -0.15) is 0 Å². The van der Waals surface area contributed by atoms with E-state index in [0.717, 1.165) is 9.87 Å². The van der Waals surface area contributed by atoms with Gasteiger partial charge in [0.05, 0.1) is 17.7 Å². The molecule has 0 aliphatic heterocycles. The monoisotopic (exact) mass is 585 g/mol. The number of amides is 2. The molecule has 0 radical (unpaired) electrons. The SMILES string of the molecule is CC[C@H](C(=O)NC(C)C)N(Cc1ccccc1Cl)C(=O)CN(c1cc(C)ccc1OC)S(=O)(=O)c1ccccc1. The van der Waals surface area contributed by atoms with E-state index in [-0.39, 0.29) is 29.1 Å². The van der Waals surface area contributed by atoms with Crippen molar-refractivity contribution in [2.45, 2.75) is 57.6 Å². The summed E-state index contributed by atoms with van der Waals surface area (Å²) in [6.07, 6.45) is 0.313. The molecule has 0 aliphatic carbocycles. The number of methoxy groups -OCH3 is 1. The van der Waals surface area contributed by atoms with Gasteiger partial charge < -0.3 is 15.0 Å². The summed E-state index contributed by atoms with van der Waals surface area (Å²) in [5.41, 5.74) is 1.64. The van der Waals surface area contributed by atoms with Gasteiger partial charge in [0.25, 0.3) is 10.0 Å². The van der Waals surface area contributed by atoms with Crippen LogP contribution in [-0.2, 0) is 26.2 Å². The van der Waals surface area contributed by atoms with Crippen molar-refractivity contribution < 1.29 is 22.7 Å². The van der Waals surface area contributed by atoms with Crippen molar-refractivity contribution in [1.82, 2.24) is 10.2 Å². The zero-order valence-electron chi connectivity index (χ0n) is 23.4. The summed E-state index contributed by atoms with van der Waals surface area (Å²) in [5.74, 6) is -0.600. The molecule has 0 saturated heterocycles. The number of nitrogens with one attached hydrogen (secondary N) is 1. The van der Waals surface area contributed by atoms with E-state index in [4.69, 9.17) is 16.3 Å². The van der Waals surface area contributed by atoms with Crippen LogP contribution in [0.4, 0.5) is 5.69 Å². The number of sulfonamides is 1. The van der Waals surface area contributed by atoms with E-state index in [0.29, 0.717) is 22.8 Å². The summed E-state index contributed by atoms with van der Waals surface area (Å²) in [6.45, 7) is 6.76. The third-order valence-corrected chi connectivity index (χ3v) is 8.47. The van der Waals surface area contributed by atoms with Crippen molar-refractivity contribution in [2.75, 3.05) is 18.0 Å². The topological polar surface area (TPSA) is 96.0 Å². The van der Waals surface area contributed by atoms with Crippen LogP contribution in [0.1, 0.15) is 38.3 Å². The molecule has 10 heteroatoms. The van der Waals surface area contributed by atoms with Gasteiger partial charge >= 0.3 is 0 Å². The lowest BCUT2D eigenvalue weighted by atomic mass is 10.1. The number of halogens is 1. The second-order valence-corrected chi connectivity index (χ2v) is 12.0. The molecule has 3 aromatic carbocycles. The first kappa shape index (κ1) is 31.0. The predicted molar refractivity (Wildman–Crippen MR) is 158 cm³/mol. The summed E-state index contributed by atoms with van der Waals surface area (Å²) < 4.78 is 34.6. The third-order valence-electron chi connectivity index (χ3n) is 6.33. The molecule has 0 heterocycles. The molecular formula is C30H36ClN3O5S. The molecular weight excluding hydrogens is 550 g/mol. The first-order chi connectivity index (χ1) is 19.0. The second kappa shape index (κ2) is 13.7. The van der Waals surface area contributed by atoms with E-state index in [2.05, 4.69) is 5.32 Å². The first-order valence-electron chi connectivity index (χ1n) is 13.0. The number of rotatable bonds is 12. The number of carbonyl (C=O) groups is 2. The Morgan fingerprint density at radius 1 is 1.00 bits per heavy atom. The van der Waals surface area contributed by atoms with Gasteiger partial charge in [-0.1, -0.05) is 61.0 Å². The van der Waals surface area contributed by atoms with E-state index in [1.165, 1.54) is 24.1 Å². The molecule has 1 N–H and O–H groups in total. The van der Waals surface area contributed by atoms with Gasteiger partial charge in [-0.3, -0.25) is 13.9 Å². The minimum Gasteiger partial charge on any atom is -0.495 e. The Morgan fingerprint density at radius 2 is 1.65 bits per heavy atom. The highest BCUT2D eigenvalue weighted by atomic mass is 35.5. The molecule has 40 heavy (non-hydrogen) atoms. The zero-order chi connectivity index (χ0) is 29.4. The van der Waals surface area contributed by atoms with Crippen molar-refractivity contribution >= 4 is 39.1 Å². The lowest BCUT2D eigenvalue weighted by molar-refractivity contribution is -0.140. The molecule has 8 nitrogen and oxygen atoms in total. The van der Waals surface area contributed by atoms with Crippen LogP contribution in [0, 0.1) is 6.92 Å². The number of anilines is 1. The van der Waals surface area contributed by atoms with E-state index < -0.39 is 28.5 Å². The molecule has 3 rings (SSSR count). The average molecular weight is 586 g/mol. The second-order valence-electron chi connectivity index (χ2n) is 9.70. The smallest absolute Gasteiger partial charge is 0.264 e. The van der Waals surface area contributed by atoms with Crippen LogP contribution in [0.5, 0.6) is 5.75 Å². The molecule has 214 valence electrons. The molecule has 0 aliphatic rings. The molecule has 0 fully saturated rings. The molecule has 0 bridgehead atoms. The quantitative estimate of drug-likeness (QED) is 0.316. The molecule has 0 aromatic heterocycles. The molecule has 2 amide bonds. The number of benzene rings is 3. The Labute approximate surface area is 241 Å². The van der Waals surface area contributed by atoms with Crippen molar-refractivity contribution in [3.8, 4) is 5.75 Å². The Kier molecular flexibility index (Phi) is 10.6. The lowest BCUT2D eigenvalue weighted by Gasteiger charge is -2.34. The highest BCUT2D eigenvalue weighted by molar-refractivity contribution is 7.92. The van der Waals surface area contributed by atoms with Crippen molar-refractivity contribution in [2.24, 2.45) is 0 Å². The number of carbonyl (C=O) groups excluding carboxylic acids is 2. The van der Waals surface area contributed by atoms with Crippen LogP contribution in [0.25, 0.3) is 0 Å². The highest BCUT2D eigenvalue weighted by Crippen LogP contribution is 2.34. The predicted octanol–water partition coefficient (Wildman–Crippen LogP) is 5.18. The number of ether oxygens (including phenoxy) is 1. The maximum Gasteiger partial charge on any atom is 0.264 e. The summed E-state index contributed by atoms with van der Waals surface area (Å²) in [4.78, 5) is 28.8. The minimum absolute atomic E-state index is 0.0205. The largest absolute Gasteiger partial charge is 0.495 e. The Bertz CT molecular complexity index is 1430. The Hall–Kier alpha value is -3.56. The summed E-state index contributed by atoms with van der Waals surface area (Å²) >= 11 is 6.43. The van der Waals surface area contributed by atoms with Gasteiger partial charge in [0, 0.05) is 17.6 Å². The fraction of sp³-hybridized carbons (Fsp3) is 0.333. The fourth-order valence-electron chi connectivity index (χ4n) is 4.34. The number of hydrogen-bond acceptors (Lipinski definition) is 5. The van der Waals surface area contributed by atoms with Crippen molar-refractivity contribution in [3.63, 3.8) is 0 Å². The van der Waals surface area contributed by atoms with E-state index in [1.54, 1.807) is 67.6 Å². The molecule has 0 spiro atoms. The van der Waals surface area contributed by atoms with Gasteiger partial charge in [-0.25, -0.2) is 8.42 Å². The van der Waals surface area contributed by atoms with Crippen molar-refractivity contribution in [1.29, 1.82) is 0 Å². The normalized spacial score (nSPS) is 12.1. The standard InChI is InChI=1S/C30H36ClN3O5S/c1-6-26(30(36)32-21(2)3)33(19-23-12-10-11-15-25(23)31)29(35)20-34(27-18-22(4)16-17-28(27)39-5)40(37,38)24-13-8-7-9-14-24/h7-18,21,26H,6,19-20H2,1-5H3,(H,32,36)/t26-/m1/s1. The van der Waals surface area contributed by atoms with Crippen LogP contribution in [0.3, 0.4) is 0 Å². The Balaban J connectivity index is 2.13. The molecule has 1 atom stereocenters. The average Bonchev–Trinajstić information content (AvgIpc) is 2.92. The van der Waals surface area contributed by atoms with E-state index in [9.17, 15) is 18.0 Å². The maximum absolute atomic E-state index is 14.2. The molecule has 0 unspecified atom stereocenters. The third kappa shape index (κ3) is 7.34. The van der Waals surface area contributed by atoms with Crippen LogP contribution in [-0.4, -0.2) is 50.9 Å². The summed E-state index contributed by atoms with van der Waals surface area (Å²) in [6, 6.07) is 19.1. The van der Waals surface area contributed by atoms with Crippen LogP contribution < -0.4 is 14.4 Å². The molecule has 0 saturated carbocycles. The maximum atomic E-state index is 14.2. The Morgan fingerprint density at radius 3 is 2.25 bits per heavy atom. The molecule has 3 aromatic rings. The number of aryl methyl sites for hydroxylation is 1. The van der Waals surface area contributed by atoms with Crippen LogP contribution >= 0.6 is 11.6 Å². The first-order valence-corrected chi connectivity index (χ1v) is 14.9. The zero-order valence-corrected chi connectivity index (χ0v) is 25.0. The fourth-order valence-corrected chi connectivity index (χ4v) is 5.97. The minimum atomic E-state index is -4.21. The van der Waals surface area contributed by atoms with Gasteiger partial charge in [0.2, 0.25) is 11.8 Å². The van der Waals surface area contributed by atoms with Crippen molar-refractivity contribution in [3.05, 3.63) is 88.9 Å². The van der Waals surface area contributed by atoms with Gasteiger partial charge in [-0.15, -0.1) is 0 Å². The number of nitrogens with zero attached hydrogens (tertiary/aromatic N) is 2. The van der Waals surface area contributed by atoms with Crippen LogP contribution in [0.2, 0.25) is 5.02 Å². The van der Waals surface area contributed by atoms with E-state index in [1.807, 2.05) is 20.8 Å². The summed E-state index contributed by atoms with van der Waals surface area (Å²) in [5, 5.41) is 3.32. The number of hydrogen-bond donors (Lipinski definition) is 1. The van der Waals surface area contributed by atoms with Gasteiger partial charge in [-0.05, 0) is 68.7 Å². The summed E-state index contributed by atoms with van der Waals surface area (Å²) in [7, 11) is -2.76. The highest BCUT2D eigenvalue weighted by Gasteiger charge is 2.35. The lowest BCUT2D eigenvalue weighted by Crippen LogP contribution is -2.53. The van der Waals surface area contributed by atoms with Crippen LogP contribution in [0.15, 0.2) is 77.7 Å². The van der Waals surface area contributed by atoms with Gasteiger partial charge in [0.1, 0.15) is 18.3 Å².